The average molecular weight is 346 g/mol. The maximum absolute atomic E-state index is 12.1. The molecule has 0 aliphatic heterocycles. The summed E-state index contributed by atoms with van der Waals surface area (Å²) in [6.07, 6.45) is 5.68. The standard InChI is InChI=1S/C17H22N4O4/c22-14(18-12-17(15(23)24)8-3-1-4-9-17)7-11-21-16(25)20-10-5-2-6-13(20)19-21/h2,5-6,10H,1,3-4,7-9,11-12H2,(H,18,22)(H,23,24). The van der Waals surface area contributed by atoms with Gasteiger partial charge in [-0.3, -0.25) is 14.0 Å². The van der Waals surface area contributed by atoms with Crippen LogP contribution < -0.4 is 11.0 Å². The number of rotatable bonds is 6. The van der Waals surface area contributed by atoms with Crippen LogP contribution in [-0.4, -0.2) is 37.7 Å². The maximum atomic E-state index is 12.1. The van der Waals surface area contributed by atoms with Crippen LogP contribution in [-0.2, 0) is 16.1 Å². The normalized spacial score (nSPS) is 16.6. The second-order valence-electron chi connectivity index (χ2n) is 6.61. The summed E-state index contributed by atoms with van der Waals surface area (Å²) < 4.78 is 2.67. The van der Waals surface area contributed by atoms with Crippen LogP contribution in [0.3, 0.4) is 0 Å². The Balaban J connectivity index is 1.58. The van der Waals surface area contributed by atoms with Gasteiger partial charge in [0.2, 0.25) is 5.91 Å². The molecule has 2 aromatic heterocycles. The third-order valence-corrected chi connectivity index (χ3v) is 4.93. The van der Waals surface area contributed by atoms with Crippen molar-refractivity contribution in [2.75, 3.05) is 6.54 Å². The van der Waals surface area contributed by atoms with Crippen molar-refractivity contribution in [3.05, 3.63) is 34.9 Å². The Labute approximate surface area is 144 Å². The number of aryl methyl sites for hydroxylation is 1. The fourth-order valence-electron chi connectivity index (χ4n) is 3.37. The summed E-state index contributed by atoms with van der Waals surface area (Å²) >= 11 is 0. The molecule has 2 aromatic rings. The zero-order valence-electron chi connectivity index (χ0n) is 14.0. The number of nitrogens with zero attached hydrogens (tertiary/aromatic N) is 3. The summed E-state index contributed by atoms with van der Waals surface area (Å²) in [7, 11) is 0. The van der Waals surface area contributed by atoms with Gasteiger partial charge in [0.1, 0.15) is 0 Å². The molecule has 1 amide bonds. The summed E-state index contributed by atoms with van der Waals surface area (Å²) in [5.41, 5.74) is -0.619. The summed E-state index contributed by atoms with van der Waals surface area (Å²) in [5, 5.41) is 16.4. The molecule has 8 nitrogen and oxygen atoms in total. The molecule has 0 radical (unpaired) electrons. The first-order chi connectivity index (χ1) is 12.0. The number of hydrogen-bond donors (Lipinski definition) is 2. The highest BCUT2D eigenvalue weighted by Crippen LogP contribution is 2.35. The number of amides is 1. The quantitative estimate of drug-likeness (QED) is 0.813. The minimum absolute atomic E-state index is 0.0828. The number of carbonyl (C=O) groups excluding carboxylic acids is 1. The van der Waals surface area contributed by atoms with Gasteiger partial charge in [-0.05, 0) is 25.0 Å². The Hall–Kier alpha value is -2.64. The molecular weight excluding hydrogens is 324 g/mol. The van der Waals surface area contributed by atoms with E-state index in [9.17, 15) is 19.5 Å². The lowest BCUT2D eigenvalue weighted by molar-refractivity contribution is -0.151. The Morgan fingerprint density at radius 3 is 2.68 bits per heavy atom. The van der Waals surface area contributed by atoms with Crippen molar-refractivity contribution in [2.45, 2.75) is 45.1 Å². The molecule has 0 bridgehead atoms. The number of aliphatic carboxylic acids is 1. The van der Waals surface area contributed by atoms with Crippen LogP contribution in [0.15, 0.2) is 29.2 Å². The smallest absolute Gasteiger partial charge is 0.350 e. The van der Waals surface area contributed by atoms with E-state index in [0.29, 0.717) is 18.5 Å². The van der Waals surface area contributed by atoms with Gasteiger partial charge in [0, 0.05) is 19.2 Å². The van der Waals surface area contributed by atoms with E-state index < -0.39 is 11.4 Å². The molecule has 0 atom stereocenters. The second kappa shape index (κ2) is 7.08. The number of pyridine rings is 1. The minimum atomic E-state index is -0.853. The first-order valence-corrected chi connectivity index (χ1v) is 8.56. The molecule has 8 heteroatoms. The van der Waals surface area contributed by atoms with Gasteiger partial charge in [0.15, 0.2) is 5.65 Å². The van der Waals surface area contributed by atoms with E-state index in [1.54, 1.807) is 24.4 Å². The molecule has 2 heterocycles. The first-order valence-electron chi connectivity index (χ1n) is 8.56. The van der Waals surface area contributed by atoms with E-state index in [-0.39, 0.29) is 31.1 Å². The molecule has 1 fully saturated rings. The Kier molecular flexibility index (Phi) is 4.87. The average Bonchev–Trinajstić information content (AvgIpc) is 2.95. The van der Waals surface area contributed by atoms with Crippen LogP contribution in [0.5, 0.6) is 0 Å². The Morgan fingerprint density at radius 1 is 1.24 bits per heavy atom. The molecule has 1 aliphatic rings. The molecule has 0 unspecified atom stereocenters. The Morgan fingerprint density at radius 2 is 2.00 bits per heavy atom. The number of carboxylic acids is 1. The van der Waals surface area contributed by atoms with Crippen molar-refractivity contribution in [3.8, 4) is 0 Å². The zero-order chi connectivity index (χ0) is 17.9. The van der Waals surface area contributed by atoms with E-state index >= 15 is 0 Å². The number of carboxylic acid groups (broad SMARTS) is 1. The van der Waals surface area contributed by atoms with Crippen molar-refractivity contribution in [1.82, 2.24) is 19.5 Å². The van der Waals surface area contributed by atoms with Gasteiger partial charge in [0.25, 0.3) is 0 Å². The SMILES string of the molecule is O=C(CCn1nc2ccccn2c1=O)NCC1(C(=O)O)CCCCC1. The van der Waals surface area contributed by atoms with Crippen molar-refractivity contribution in [2.24, 2.45) is 5.41 Å². The third-order valence-electron chi connectivity index (χ3n) is 4.93. The van der Waals surface area contributed by atoms with Gasteiger partial charge in [-0.1, -0.05) is 25.3 Å². The fourth-order valence-corrected chi connectivity index (χ4v) is 3.37. The summed E-state index contributed by atoms with van der Waals surface area (Å²) in [4.78, 5) is 35.8. The number of carbonyl (C=O) groups is 2. The molecule has 0 saturated heterocycles. The molecule has 0 aromatic carbocycles. The van der Waals surface area contributed by atoms with Crippen LogP contribution in [0.4, 0.5) is 0 Å². The molecule has 134 valence electrons. The van der Waals surface area contributed by atoms with Crippen LogP contribution >= 0.6 is 0 Å². The van der Waals surface area contributed by atoms with E-state index in [2.05, 4.69) is 10.4 Å². The van der Waals surface area contributed by atoms with Crippen molar-refractivity contribution in [1.29, 1.82) is 0 Å². The fraction of sp³-hybridized carbons (Fsp3) is 0.529. The molecule has 2 N–H and O–H groups in total. The number of fused-ring (bicyclic) bond motifs is 1. The summed E-state index contributed by atoms with van der Waals surface area (Å²) in [6, 6.07) is 5.24. The second-order valence-corrected chi connectivity index (χ2v) is 6.61. The van der Waals surface area contributed by atoms with Gasteiger partial charge in [-0.15, -0.1) is 5.10 Å². The molecule has 3 rings (SSSR count). The van der Waals surface area contributed by atoms with E-state index in [0.717, 1.165) is 19.3 Å². The largest absolute Gasteiger partial charge is 0.481 e. The molecule has 1 saturated carbocycles. The van der Waals surface area contributed by atoms with Gasteiger partial charge in [-0.2, -0.15) is 0 Å². The predicted molar refractivity (Wildman–Crippen MR) is 90.2 cm³/mol. The highest BCUT2D eigenvalue weighted by molar-refractivity contribution is 5.79. The van der Waals surface area contributed by atoms with Crippen LogP contribution in [0, 0.1) is 5.41 Å². The Bertz CT molecular complexity index is 833. The van der Waals surface area contributed by atoms with Gasteiger partial charge in [-0.25, -0.2) is 9.48 Å². The first kappa shape index (κ1) is 17.2. The lowest BCUT2D eigenvalue weighted by atomic mass is 9.74. The lowest BCUT2D eigenvalue weighted by Gasteiger charge is -2.33. The highest BCUT2D eigenvalue weighted by atomic mass is 16.4. The summed E-state index contributed by atoms with van der Waals surface area (Å²) in [6.45, 7) is 0.299. The monoisotopic (exact) mass is 346 g/mol. The zero-order valence-corrected chi connectivity index (χ0v) is 14.0. The van der Waals surface area contributed by atoms with Gasteiger partial charge >= 0.3 is 11.7 Å². The molecule has 0 spiro atoms. The molecule has 25 heavy (non-hydrogen) atoms. The number of nitrogens with one attached hydrogen (secondary N) is 1. The molecular formula is C17H22N4O4. The maximum Gasteiger partial charge on any atom is 0.350 e. The van der Waals surface area contributed by atoms with E-state index in [1.807, 2.05) is 0 Å². The molecule has 1 aliphatic carbocycles. The highest BCUT2D eigenvalue weighted by Gasteiger charge is 2.39. The van der Waals surface area contributed by atoms with Crippen molar-refractivity contribution in [3.63, 3.8) is 0 Å². The van der Waals surface area contributed by atoms with Crippen LogP contribution in [0.1, 0.15) is 38.5 Å². The van der Waals surface area contributed by atoms with Gasteiger partial charge in [0.05, 0.1) is 12.0 Å². The van der Waals surface area contributed by atoms with Crippen LogP contribution in [0.2, 0.25) is 0 Å². The van der Waals surface area contributed by atoms with Crippen molar-refractivity contribution >= 4 is 17.5 Å². The minimum Gasteiger partial charge on any atom is -0.481 e. The topological polar surface area (TPSA) is 106 Å². The summed E-state index contributed by atoms with van der Waals surface area (Å²) in [5.74, 6) is -1.11. The lowest BCUT2D eigenvalue weighted by Crippen LogP contribution is -2.44. The van der Waals surface area contributed by atoms with Crippen LogP contribution in [0.25, 0.3) is 5.65 Å². The third kappa shape index (κ3) is 3.57. The van der Waals surface area contributed by atoms with Gasteiger partial charge < -0.3 is 10.4 Å². The predicted octanol–water partition coefficient (Wildman–Crippen LogP) is 1.04. The van der Waals surface area contributed by atoms with E-state index in [4.69, 9.17) is 0 Å². The van der Waals surface area contributed by atoms with Crippen molar-refractivity contribution < 1.29 is 14.7 Å². The van der Waals surface area contributed by atoms with E-state index in [1.165, 1.54) is 9.08 Å². The number of aromatic nitrogens is 3. The number of hydrogen-bond acceptors (Lipinski definition) is 4.